The third-order valence-corrected chi connectivity index (χ3v) is 9.75. The highest BCUT2D eigenvalue weighted by atomic mass is 35.5. The Morgan fingerprint density at radius 1 is 1.25 bits per heavy atom. The number of hydrogen-bond acceptors (Lipinski definition) is 7. The first-order valence-corrected chi connectivity index (χ1v) is 15.4. The first-order valence-electron chi connectivity index (χ1n) is 15.0. The summed E-state index contributed by atoms with van der Waals surface area (Å²) in [6.45, 7) is 6.14. The van der Waals surface area contributed by atoms with Crippen molar-refractivity contribution >= 4 is 45.0 Å². The fourth-order valence-electron chi connectivity index (χ4n) is 7.10. The Bertz CT molecular complexity index is 1780. The minimum absolute atomic E-state index is 0.0317. The Morgan fingerprint density at radius 3 is 2.84 bits per heavy atom. The number of aromatic nitrogens is 3. The van der Waals surface area contributed by atoms with Gasteiger partial charge in [0, 0.05) is 61.3 Å². The topological polar surface area (TPSA) is 74.7 Å². The summed E-state index contributed by atoms with van der Waals surface area (Å²) in [5.74, 6) is -0.294. The van der Waals surface area contributed by atoms with Crippen molar-refractivity contribution in [1.29, 1.82) is 0 Å². The van der Waals surface area contributed by atoms with Crippen LogP contribution in [0.5, 0.6) is 6.01 Å². The first kappa shape index (κ1) is 28.9. The zero-order chi connectivity index (χ0) is 30.6. The van der Waals surface area contributed by atoms with Crippen molar-refractivity contribution in [2.45, 2.75) is 43.4 Å². The fourth-order valence-corrected chi connectivity index (χ4v) is 7.39. The molecule has 4 aromatic rings. The SMILES string of the molecule is C=CC(=O)N(C)C[C@@H]1CCN1c1nc(OC[C@@]23CCCN2C[C@H](F)C3)nc2c(F)c(-c3cccc4cccc(Cl)c34)ncc12. The molecule has 3 fully saturated rings. The molecule has 228 valence electrons. The van der Waals surface area contributed by atoms with Crippen LogP contribution in [0, 0.1) is 5.82 Å². The quantitative estimate of drug-likeness (QED) is 0.231. The van der Waals surface area contributed by atoms with Gasteiger partial charge in [-0.3, -0.25) is 14.7 Å². The summed E-state index contributed by atoms with van der Waals surface area (Å²) in [5.41, 5.74) is 0.352. The molecule has 0 radical (unpaired) electrons. The van der Waals surface area contributed by atoms with E-state index in [1.54, 1.807) is 30.3 Å². The number of fused-ring (bicyclic) bond motifs is 3. The minimum atomic E-state index is -0.900. The fraction of sp³-hybridized carbons (Fsp3) is 0.394. The van der Waals surface area contributed by atoms with Gasteiger partial charge in [0.25, 0.3) is 0 Å². The maximum Gasteiger partial charge on any atom is 0.319 e. The van der Waals surface area contributed by atoms with Gasteiger partial charge in [-0.05, 0) is 43.3 Å². The molecule has 0 spiro atoms. The summed E-state index contributed by atoms with van der Waals surface area (Å²) < 4.78 is 37.3. The molecular formula is C33H33ClF2N6O2. The number of benzene rings is 2. The van der Waals surface area contributed by atoms with E-state index in [0.29, 0.717) is 53.2 Å². The van der Waals surface area contributed by atoms with Gasteiger partial charge in [-0.1, -0.05) is 48.5 Å². The lowest BCUT2D eigenvalue weighted by molar-refractivity contribution is -0.125. The number of anilines is 1. The van der Waals surface area contributed by atoms with E-state index in [4.69, 9.17) is 21.3 Å². The maximum atomic E-state index is 16.6. The molecule has 5 heterocycles. The van der Waals surface area contributed by atoms with Crippen LogP contribution in [0.2, 0.25) is 5.02 Å². The number of halogens is 3. The second kappa shape index (κ2) is 11.2. The van der Waals surface area contributed by atoms with Crippen LogP contribution in [0.3, 0.4) is 0 Å². The number of alkyl halides is 1. The molecule has 0 unspecified atom stereocenters. The predicted molar refractivity (Wildman–Crippen MR) is 167 cm³/mol. The lowest BCUT2D eigenvalue weighted by Gasteiger charge is -2.43. The van der Waals surface area contributed by atoms with Crippen LogP contribution in [-0.2, 0) is 4.79 Å². The highest BCUT2D eigenvalue weighted by molar-refractivity contribution is 6.36. The van der Waals surface area contributed by atoms with Crippen LogP contribution in [0.15, 0.2) is 55.3 Å². The van der Waals surface area contributed by atoms with Crippen LogP contribution in [0.4, 0.5) is 14.6 Å². The first-order chi connectivity index (χ1) is 21.3. The summed E-state index contributed by atoms with van der Waals surface area (Å²) >= 11 is 6.58. The van der Waals surface area contributed by atoms with Gasteiger partial charge in [0.1, 0.15) is 29.8 Å². The smallest absolute Gasteiger partial charge is 0.319 e. The maximum absolute atomic E-state index is 16.6. The van der Waals surface area contributed by atoms with Gasteiger partial charge < -0.3 is 14.5 Å². The molecule has 8 nitrogen and oxygen atoms in total. The van der Waals surface area contributed by atoms with E-state index in [9.17, 15) is 9.18 Å². The number of carbonyl (C=O) groups excluding carboxylic acids is 1. The largest absolute Gasteiger partial charge is 0.461 e. The molecule has 1 amide bonds. The monoisotopic (exact) mass is 618 g/mol. The molecule has 3 aliphatic heterocycles. The van der Waals surface area contributed by atoms with Gasteiger partial charge in [0.05, 0.1) is 10.9 Å². The number of rotatable bonds is 8. The third kappa shape index (κ3) is 4.84. The molecule has 3 aliphatic rings. The summed E-state index contributed by atoms with van der Waals surface area (Å²) in [7, 11) is 1.72. The summed E-state index contributed by atoms with van der Waals surface area (Å²) in [6, 6.07) is 11.1. The van der Waals surface area contributed by atoms with Gasteiger partial charge in [-0.15, -0.1) is 0 Å². The summed E-state index contributed by atoms with van der Waals surface area (Å²) in [4.78, 5) is 31.9. The minimum Gasteiger partial charge on any atom is -0.461 e. The zero-order valence-electron chi connectivity index (χ0n) is 24.5. The Hall–Kier alpha value is -3.89. The number of hydrogen-bond donors (Lipinski definition) is 0. The molecule has 7 rings (SSSR count). The normalized spacial score (nSPS) is 23.1. The van der Waals surface area contributed by atoms with E-state index >= 15 is 4.39 Å². The highest BCUT2D eigenvalue weighted by Crippen LogP contribution is 2.42. The van der Waals surface area contributed by atoms with Crippen LogP contribution in [-0.4, -0.2) is 88.2 Å². The van der Waals surface area contributed by atoms with Crippen molar-refractivity contribution in [3.8, 4) is 17.3 Å². The molecule has 3 saturated heterocycles. The predicted octanol–water partition coefficient (Wildman–Crippen LogP) is 5.82. The molecule has 2 aromatic carbocycles. The second-order valence-corrected chi connectivity index (χ2v) is 12.5. The number of amides is 1. The standard InChI is InChI=1S/C33H33ClF2N6O2/c1-3-26(43)40(2)18-22-11-14-42(22)31-24-16-37-29(23-9-4-7-20-8-5-10-25(34)27(20)23)28(36)30(24)38-32(39-31)44-19-33-12-6-13-41(33)17-21(35)15-33/h3-5,7-10,16,21-22H,1,6,11-15,17-19H2,2H3/t21-,22+,33+/m1/s1. The lowest BCUT2D eigenvalue weighted by atomic mass is 9.95. The summed E-state index contributed by atoms with van der Waals surface area (Å²) in [6.07, 6.45) is 5.01. The third-order valence-electron chi connectivity index (χ3n) is 9.43. The second-order valence-electron chi connectivity index (χ2n) is 12.1. The van der Waals surface area contributed by atoms with Crippen molar-refractivity contribution in [1.82, 2.24) is 24.8 Å². The number of likely N-dealkylation sites (N-methyl/N-ethyl adjacent to an activating group) is 1. The Balaban J connectivity index is 1.32. The molecule has 0 aliphatic carbocycles. The zero-order valence-corrected chi connectivity index (χ0v) is 25.2. The Morgan fingerprint density at radius 2 is 2.07 bits per heavy atom. The van der Waals surface area contributed by atoms with E-state index in [1.807, 2.05) is 29.2 Å². The van der Waals surface area contributed by atoms with Gasteiger partial charge in [0.2, 0.25) is 5.91 Å². The average Bonchev–Trinajstić information content (AvgIpc) is 3.53. The van der Waals surface area contributed by atoms with Gasteiger partial charge >= 0.3 is 6.01 Å². The molecule has 0 saturated carbocycles. The number of ether oxygens (including phenoxy) is 1. The number of carbonyl (C=O) groups is 1. The molecule has 0 N–H and O–H groups in total. The molecule has 44 heavy (non-hydrogen) atoms. The van der Waals surface area contributed by atoms with E-state index in [0.717, 1.165) is 31.2 Å². The summed E-state index contributed by atoms with van der Waals surface area (Å²) in [5, 5.41) is 2.51. The van der Waals surface area contributed by atoms with Crippen molar-refractivity contribution in [3.05, 3.63) is 66.1 Å². The van der Waals surface area contributed by atoms with Gasteiger partial charge in [-0.25, -0.2) is 8.78 Å². The molecular weight excluding hydrogens is 586 g/mol. The average molecular weight is 619 g/mol. The van der Waals surface area contributed by atoms with E-state index < -0.39 is 17.5 Å². The van der Waals surface area contributed by atoms with Crippen molar-refractivity contribution < 1.29 is 18.3 Å². The number of nitrogens with zero attached hydrogens (tertiary/aromatic N) is 6. The molecule has 3 atom stereocenters. The van der Waals surface area contributed by atoms with Crippen LogP contribution >= 0.6 is 11.6 Å². The van der Waals surface area contributed by atoms with Crippen LogP contribution in [0.1, 0.15) is 25.7 Å². The van der Waals surface area contributed by atoms with E-state index in [2.05, 4.69) is 21.4 Å². The van der Waals surface area contributed by atoms with Crippen molar-refractivity contribution in [2.24, 2.45) is 0 Å². The molecule has 0 bridgehead atoms. The highest BCUT2D eigenvalue weighted by Gasteiger charge is 2.49. The lowest BCUT2D eigenvalue weighted by Crippen LogP contribution is -2.54. The van der Waals surface area contributed by atoms with Gasteiger partial charge in [0.15, 0.2) is 5.82 Å². The molecule has 11 heteroatoms. The van der Waals surface area contributed by atoms with E-state index in [-0.39, 0.29) is 35.8 Å². The van der Waals surface area contributed by atoms with Crippen molar-refractivity contribution in [3.63, 3.8) is 0 Å². The van der Waals surface area contributed by atoms with Crippen molar-refractivity contribution in [2.75, 3.05) is 44.7 Å². The Kier molecular flexibility index (Phi) is 7.37. The van der Waals surface area contributed by atoms with Crippen LogP contribution < -0.4 is 9.64 Å². The van der Waals surface area contributed by atoms with Gasteiger partial charge in [-0.2, -0.15) is 9.97 Å². The Labute approximate surface area is 259 Å². The number of pyridine rings is 1. The molecule has 2 aromatic heterocycles. The van der Waals surface area contributed by atoms with Crippen LogP contribution in [0.25, 0.3) is 32.9 Å². The van der Waals surface area contributed by atoms with E-state index in [1.165, 1.54) is 6.08 Å².